The molecule has 0 heterocycles. The maximum atomic E-state index is 12.0. The molecule has 1 atom stereocenters. The molecule has 0 bridgehead atoms. The fourth-order valence-electron chi connectivity index (χ4n) is 1.37. The van der Waals surface area contributed by atoms with Crippen LogP contribution in [0.15, 0.2) is 0 Å². The Hall–Kier alpha value is -2.54. The van der Waals surface area contributed by atoms with Gasteiger partial charge in [-0.25, -0.2) is 9.59 Å². The molecule has 26 heavy (non-hydrogen) atoms. The number of carbonyl (C=O) groups is 4. The molecule has 8 nitrogen and oxygen atoms in total. The smallest absolute Gasteiger partial charge is 0.481 e. The lowest BCUT2D eigenvalue weighted by Crippen LogP contribution is -2.32. The first-order valence-corrected chi connectivity index (χ1v) is 6.61. The Balaban J connectivity index is 4.65. The molecule has 0 aromatic heterocycles. The van der Waals surface area contributed by atoms with Crippen molar-refractivity contribution in [1.29, 1.82) is 0 Å². The molecule has 0 aromatic rings. The maximum Gasteiger partial charge on any atom is 0.491 e. The van der Waals surface area contributed by atoms with E-state index in [2.05, 4.69) is 14.2 Å². The third kappa shape index (κ3) is 9.68. The van der Waals surface area contributed by atoms with Gasteiger partial charge < -0.3 is 19.3 Å². The van der Waals surface area contributed by atoms with Crippen LogP contribution < -0.4 is 0 Å². The fraction of sp³-hybridized carbons (Fsp3) is 0.667. The molecule has 0 saturated carbocycles. The van der Waals surface area contributed by atoms with E-state index in [-0.39, 0.29) is 6.42 Å². The van der Waals surface area contributed by atoms with Gasteiger partial charge in [0.25, 0.3) is 0 Å². The lowest BCUT2D eigenvalue weighted by Gasteiger charge is -2.16. The van der Waals surface area contributed by atoms with Crippen molar-refractivity contribution in [1.82, 2.24) is 0 Å². The van der Waals surface area contributed by atoms with Gasteiger partial charge in [-0.15, -0.1) is 0 Å². The van der Waals surface area contributed by atoms with Crippen molar-refractivity contribution >= 4 is 23.9 Å². The molecular weight excluding hydrogens is 386 g/mol. The number of hydrogen-bond donors (Lipinski definition) is 1. The van der Waals surface area contributed by atoms with E-state index in [1.807, 2.05) is 0 Å². The number of carboxylic acid groups (broad SMARTS) is 1. The van der Waals surface area contributed by atoms with E-state index in [0.717, 1.165) is 0 Å². The highest BCUT2D eigenvalue weighted by Crippen LogP contribution is 2.19. The number of hydrogen-bond acceptors (Lipinski definition) is 7. The summed E-state index contributed by atoms with van der Waals surface area (Å²) in [4.78, 5) is 43.0. The largest absolute Gasteiger partial charge is 0.491 e. The summed E-state index contributed by atoms with van der Waals surface area (Å²) in [6, 6.07) is 0. The van der Waals surface area contributed by atoms with Gasteiger partial charge in [-0.1, -0.05) is 0 Å². The Bertz CT molecular complexity index is 527. The van der Waals surface area contributed by atoms with Gasteiger partial charge >= 0.3 is 36.2 Å². The number of aliphatic carboxylic acids is 1. The second kappa shape index (κ2) is 9.82. The Morgan fingerprint density at radius 3 is 1.81 bits per heavy atom. The molecule has 0 rings (SSSR count). The lowest BCUT2D eigenvalue weighted by atomic mass is 10.0. The molecule has 0 radical (unpaired) electrons. The predicted molar refractivity (Wildman–Crippen MR) is 65.1 cm³/mol. The average molecular weight is 398 g/mol. The van der Waals surface area contributed by atoms with E-state index >= 15 is 0 Å². The number of rotatable bonds is 9. The summed E-state index contributed by atoms with van der Waals surface area (Å²) in [6.45, 7) is -2.65. The number of esters is 3. The molecule has 0 aliphatic rings. The summed E-state index contributed by atoms with van der Waals surface area (Å²) in [5, 5.41) is 8.45. The van der Waals surface area contributed by atoms with Crippen molar-refractivity contribution in [3.8, 4) is 0 Å². The van der Waals surface area contributed by atoms with E-state index in [0.29, 0.717) is 0 Å². The number of alkyl halides is 6. The minimum Gasteiger partial charge on any atom is -0.481 e. The molecule has 0 aliphatic carbocycles. The molecule has 1 unspecified atom stereocenters. The summed E-state index contributed by atoms with van der Waals surface area (Å²) in [5.74, 6) is -9.64. The van der Waals surface area contributed by atoms with Crippen molar-refractivity contribution in [2.75, 3.05) is 13.4 Å². The third-order valence-corrected chi connectivity index (χ3v) is 2.55. The molecule has 0 aromatic carbocycles. The van der Waals surface area contributed by atoms with Crippen LogP contribution >= 0.6 is 0 Å². The lowest BCUT2D eigenvalue weighted by molar-refractivity contribution is -0.212. The number of ether oxygens (including phenoxy) is 3. The first-order valence-electron chi connectivity index (χ1n) is 6.61. The Labute approximate surface area is 141 Å². The normalized spacial score (nSPS) is 12.8. The van der Waals surface area contributed by atoms with Crippen LogP contribution in [0.25, 0.3) is 0 Å². The molecule has 0 aliphatic heterocycles. The Morgan fingerprint density at radius 1 is 0.846 bits per heavy atom. The minimum atomic E-state index is -5.35. The molecule has 1 N–H and O–H groups in total. The third-order valence-electron chi connectivity index (χ3n) is 2.55. The molecule has 0 fully saturated rings. The van der Waals surface area contributed by atoms with Gasteiger partial charge in [0.2, 0.25) is 6.79 Å². The van der Waals surface area contributed by atoms with Crippen molar-refractivity contribution < 1.29 is 64.8 Å². The van der Waals surface area contributed by atoms with E-state index in [4.69, 9.17) is 5.11 Å². The molecule has 14 heteroatoms. The van der Waals surface area contributed by atoms with E-state index in [1.54, 1.807) is 0 Å². The van der Waals surface area contributed by atoms with Crippen LogP contribution in [0, 0.1) is 5.92 Å². The van der Waals surface area contributed by atoms with Crippen LogP contribution in [0.1, 0.15) is 19.3 Å². The molecule has 0 spiro atoms. The Kier molecular flexibility index (Phi) is 8.86. The molecular formula is C12H12F6O8. The predicted octanol–water partition coefficient (Wildman–Crippen LogP) is 1.57. The van der Waals surface area contributed by atoms with Gasteiger partial charge in [-0.2, -0.15) is 26.3 Å². The van der Waals surface area contributed by atoms with E-state index in [9.17, 15) is 45.5 Å². The van der Waals surface area contributed by atoms with Crippen molar-refractivity contribution in [3.05, 3.63) is 0 Å². The minimum absolute atomic E-state index is 0.235. The van der Waals surface area contributed by atoms with Gasteiger partial charge in [0.05, 0.1) is 5.92 Å². The second-order valence-electron chi connectivity index (χ2n) is 4.59. The van der Waals surface area contributed by atoms with Crippen molar-refractivity contribution in [2.45, 2.75) is 31.6 Å². The molecule has 0 amide bonds. The van der Waals surface area contributed by atoms with Gasteiger partial charge in [0, 0.05) is 6.42 Å². The van der Waals surface area contributed by atoms with Crippen LogP contribution in [0.5, 0.6) is 0 Å². The highest BCUT2D eigenvalue weighted by molar-refractivity contribution is 5.77. The average Bonchev–Trinajstić information content (AvgIpc) is 2.47. The topological polar surface area (TPSA) is 116 Å². The first-order chi connectivity index (χ1) is 11.7. The zero-order valence-electron chi connectivity index (χ0n) is 12.7. The number of carbonyl (C=O) groups excluding carboxylic acids is 3. The summed E-state index contributed by atoms with van der Waals surface area (Å²) in [7, 11) is 0. The van der Waals surface area contributed by atoms with Crippen LogP contribution in [-0.2, 0) is 33.4 Å². The van der Waals surface area contributed by atoms with Gasteiger partial charge in [-0.3, -0.25) is 9.59 Å². The SMILES string of the molecule is O=C(O)CCCC(COC(=O)C(F)(F)F)C(=O)OCOC(=O)C(F)(F)F. The van der Waals surface area contributed by atoms with Crippen molar-refractivity contribution in [3.63, 3.8) is 0 Å². The van der Waals surface area contributed by atoms with Crippen LogP contribution in [0.3, 0.4) is 0 Å². The summed E-state index contributed by atoms with van der Waals surface area (Å²) >= 11 is 0. The van der Waals surface area contributed by atoms with Gasteiger partial charge in [0.1, 0.15) is 6.61 Å². The monoisotopic (exact) mass is 398 g/mol. The molecule has 150 valence electrons. The number of carboxylic acids is 1. The van der Waals surface area contributed by atoms with Gasteiger partial charge in [0.15, 0.2) is 0 Å². The summed E-state index contributed by atoms with van der Waals surface area (Å²) < 4.78 is 83.2. The summed E-state index contributed by atoms with van der Waals surface area (Å²) in [5.41, 5.74) is 0. The Morgan fingerprint density at radius 2 is 1.35 bits per heavy atom. The van der Waals surface area contributed by atoms with Crippen LogP contribution in [0.4, 0.5) is 26.3 Å². The standard InChI is InChI=1S/C12H12F6O8/c13-11(14,15)9(22)24-4-6(2-1-3-7(19)20)8(21)25-5-26-10(23)12(16,17)18/h6H,1-5H2,(H,19,20). The zero-order valence-corrected chi connectivity index (χ0v) is 12.7. The second-order valence-corrected chi connectivity index (χ2v) is 4.59. The maximum absolute atomic E-state index is 12.0. The summed E-state index contributed by atoms with van der Waals surface area (Å²) in [6.07, 6.45) is -11.8. The van der Waals surface area contributed by atoms with Crippen LogP contribution in [-0.4, -0.2) is 54.7 Å². The highest BCUT2D eigenvalue weighted by atomic mass is 19.4. The first kappa shape index (κ1) is 23.5. The van der Waals surface area contributed by atoms with Crippen molar-refractivity contribution in [2.24, 2.45) is 5.92 Å². The van der Waals surface area contributed by atoms with E-state index in [1.165, 1.54) is 0 Å². The van der Waals surface area contributed by atoms with Gasteiger partial charge in [-0.05, 0) is 12.8 Å². The quantitative estimate of drug-likeness (QED) is 0.354. The fourth-order valence-corrected chi connectivity index (χ4v) is 1.37. The number of halogens is 6. The van der Waals surface area contributed by atoms with E-state index < -0.39 is 68.4 Å². The zero-order chi connectivity index (χ0) is 20.5. The highest BCUT2D eigenvalue weighted by Gasteiger charge is 2.42. The van der Waals surface area contributed by atoms with Crippen LogP contribution in [0.2, 0.25) is 0 Å². The molecule has 0 saturated heterocycles.